The van der Waals surface area contributed by atoms with Crippen LogP contribution in [0.3, 0.4) is 0 Å². The Labute approximate surface area is 190 Å². The summed E-state index contributed by atoms with van der Waals surface area (Å²) in [7, 11) is 0. The molecule has 6 nitrogen and oxygen atoms in total. The average Bonchev–Trinajstić information content (AvgIpc) is 3.09. The molecule has 0 aliphatic carbocycles. The lowest BCUT2D eigenvalue weighted by Gasteiger charge is -2.25. The van der Waals surface area contributed by atoms with Gasteiger partial charge in [-0.05, 0) is 30.2 Å². The zero-order valence-corrected chi connectivity index (χ0v) is 18.7. The van der Waals surface area contributed by atoms with Crippen LogP contribution in [-0.2, 0) is 15.3 Å². The van der Waals surface area contributed by atoms with E-state index in [1.165, 1.54) is 11.8 Å². The molecule has 0 saturated heterocycles. The third-order valence-corrected chi connectivity index (χ3v) is 6.45. The van der Waals surface area contributed by atoms with E-state index in [0.29, 0.717) is 28.3 Å². The number of hydrogen-bond acceptors (Lipinski definition) is 5. The van der Waals surface area contributed by atoms with Gasteiger partial charge in [0.2, 0.25) is 5.91 Å². The van der Waals surface area contributed by atoms with Crippen LogP contribution in [0.25, 0.3) is 0 Å². The number of nitrogens with one attached hydrogen (secondary N) is 1. The van der Waals surface area contributed by atoms with Crippen molar-refractivity contribution in [3.8, 4) is 0 Å². The van der Waals surface area contributed by atoms with Gasteiger partial charge >= 0.3 is 0 Å². The lowest BCUT2D eigenvalue weighted by molar-refractivity contribution is -0.128. The highest BCUT2D eigenvalue weighted by molar-refractivity contribution is 8.13. The molecule has 2 aliphatic rings. The van der Waals surface area contributed by atoms with Gasteiger partial charge in [0.1, 0.15) is 11.9 Å². The number of carbonyl (C=O) groups is 2. The third-order valence-electron chi connectivity index (χ3n) is 5.09. The van der Waals surface area contributed by atoms with Crippen molar-refractivity contribution in [2.24, 2.45) is 9.98 Å². The van der Waals surface area contributed by atoms with E-state index >= 15 is 0 Å². The first-order valence-corrected chi connectivity index (χ1v) is 11.7. The minimum absolute atomic E-state index is 0.0349. The summed E-state index contributed by atoms with van der Waals surface area (Å²) in [6.45, 7) is 2.68. The predicted molar refractivity (Wildman–Crippen MR) is 126 cm³/mol. The zero-order valence-electron chi connectivity index (χ0n) is 17.2. The molecule has 0 spiro atoms. The second-order valence-electron chi connectivity index (χ2n) is 7.34. The number of unbranched alkanes of at least 4 members (excludes halogenated alkanes) is 1. The van der Waals surface area contributed by atoms with Crippen molar-refractivity contribution in [2.45, 2.75) is 38.0 Å². The number of benzene rings is 2. The van der Waals surface area contributed by atoms with Crippen LogP contribution in [-0.4, -0.2) is 40.3 Å². The van der Waals surface area contributed by atoms with Gasteiger partial charge < -0.3 is 5.32 Å². The Morgan fingerprint density at radius 1 is 1.19 bits per heavy atom. The van der Waals surface area contributed by atoms with Gasteiger partial charge in [-0.25, -0.2) is 9.89 Å². The molecule has 31 heavy (non-hydrogen) atoms. The van der Waals surface area contributed by atoms with E-state index in [-0.39, 0.29) is 18.2 Å². The Hall–Kier alpha value is -2.64. The molecular formula is C23H23ClN4O2S. The molecule has 2 amide bonds. The fraction of sp³-hybridized carbons (Fsp3) is 0.304. The number of hydrogen-bond donors (Lipinski definition) is 1. The first kappa shape index (κ1) is 21.6. The fourth-order valence-electron chi connectivity index (χ4n) is 3.44. The molecule has 1 atom stereocenters. The maximum absolute atomic E-state index is 13.2. The topological polar surface area (TPSA) is 74.1 Å². The molecule has 2 aromatic carbocycles. The summed E-state index contributed by atoms with van der Waals surface area (Å²) >= 11 is 7.73. The molecule has 0 unspecified atom stereocenters. The van der Waals surface area contributed by atoms with E-state index in [2.05, 4.69) is 17.2 Å². The largest absolute Gasteiger partial charge is 0.356 e. The van der Waals surface area contributed by atoms with Crippen LogP contribution in [0, 0.1) is 0 Å². The van der Waals surface area contributed by atoms with Crippen molar-refractivity contribution in [2.75, 3.05) is 6.54 Å². The Morgan fingerprint density at radius 3 is 2.77 bits per heavy atom. The molecule has 2 aliphatic heterocycles. The fourth-order valence-corrected chi connectivity index (χ4v) is 4.73. The summed E-state index contributed by atoms with van der Waals surface area (Å²) in [6, 6.07) is 14.5. The number of amidine groups is 2. The summed E-state index contributed by atoms with van der Waals surface area (Å²) in [5.74, 6) is 0.746. The monoisotopic (exact) mass is 454 g/mol. The minimum atomic E-state index is -0.742. The van der Waals surface area contributed by atoms with Crippen LogP contribution >= 0.6 is 23.4 Å². The molecular weight excluding hydrogens is 432 g/mol. The number of rotatable bonds is 7. The van der Waals surface area contributed by atoms with Gasteiger partial charge in [-0.3, -0.25) is 14.6 Å². The van der Waals surface area contributed by atoms with E-state index in [0.717, 1.165) is 29.7 Å². The Balaban J connectivity index is 1.57. The molecule has 1 N–H and O–H groups in total. The average molecular weight is 455 g/mol. The van der Waals surface area contributed by atoms with E-state index in [1.54, 1.807) is 4.90 Å². The smallest absolute Gasteiger partial charge is 0.259 e. The van der Waals surface area contributed by atoms with Crippen molar-refractivity contribution in [1.82, 2.24) is 10.2 Å². The molecule has 0 fully saturated rings. The van der Waals surface area contributed by atoms with Crippen LogP contribution < -0.4 is 5.32 Å². The molecule has 4 rings (SSSR count). The summed E-state index contributed by atoms with van der Waals surface area (Å²) in [5, 5.41) is 4.09. The lowest BCUT2D eigenvalue weighted by atomic mass is 10.1. The van der Waals surface area contributed by atoms with Crippen LogP contribution in [0.2, 0.25) is 5.02 Å². The van der Waals surface area contributed by atoms with Gasteiger partial charge in [0.25, 0.3) is 5.91 Å². The van der Waals surface area contributed by atoms with E-state index in [1.807, 2.05) is 48.5 Å². The van der Waals surface area contributed by atoms with Crippen molar-refractivity contribution in [1.29, 1.82) is 0 Å². The zero-order chi connectivity index (χ0) is 21.8. The van der Waals surface area contributed by atoms with E-state index < -0.39 is 6.04 Å². The van der Waals surface area contributed by atoms with Crippen LogP contribution in [0.5, 0.6) is 0 Å². The lowest BCUT2D eigenvalue weighted by Crippen LogP contribution is -2.42. The van der Waals surface area contributed by atoms with Crippen LogP contribution in [0.4, 0.5) is 5.69 Å². The normalized spacial score (nSPS) is 17.0. The number of nitrogens with zero attached hydrogens (tertiary/aromatic N) is 3. The Morgan fingerprint density at radius 2 is 1.97 bits per heavy atom. The highest BCUT2D eigenvalue weighted by Gasteiger charge is 2.42. The first-order valence-electron chi connectivity index (χ1n) is 10.3. The maximum atomic E-state index is 13.2. The van der Waals surface area contributed by atoms with E-state index in [9.17, 15) is 9.59 Å². The molecule has 8 heteroatoms. The number of aliphatic imine (C=N–C) groups is 2. The van der Waals surface area contributed by atoms with Crippen molar-refractivity contribution in [3.05, 3.63) is 64.7 Å². The summed E-state index contributed by atoms with van der Waals surface area (Å²) in [4.78, 5) is 36.4. The van der Waals surface area contributed by atoms with Gasteiger partial charge in [-0.15, -0.1) is 0 Å². The molecule has 2 heterocycles. The number of amides is 2. The van der Waals surface area contributed by atoms with Crippen molar-refractivity contribution in [3.63, 3.8) is 0 Å². The summed E-state index contributed by atoms with van der Waals surface area (Å²) in [6.07, 6.45) is 1.94. The number of carbonyl (C=O) groups excluding carboxylic acids is 2. The van der Waals surface area contributed by atoms with Gasteiger partial charge in [0, 0.05) is 22.9 Å². The van der Waals surface area contributed by atoms with Crippen molar-refractivity contribution >= 4 is 51.9 Å². The van der Waals surface area contributed by atoms with Crippen LogP contribution in [0.1, 0.15) is 37.3 Å². The number of halogens is 1. The highest BCUT2D eigenvalue weighted by Crippen LogP contribution is 2.35. The SMILES string of the molecule is CCCCNC(=O)C[C@H]1N=C2c3ccccc3N=C(SCc3ccccc3Cl)N2C1=O. The summed E-state index contributed by atoms with van der Waals surface area (Å²) < 4.78 is 0. The van der Waals surface area contributed by atoms with Gasteiger partial charge in [-0.2, -0.15) is 0 Å². The second-order valence-corrected chi connectivity index (χ2v) is 8.69. The molecule has 160 valence electrons. The number of para-hydroxylation sites is 1. The minimum Gasteiger partial charge on any atom is -0.356 e. The first-order chi connectivity index (χ1) is 15.1. The third kappa shape index (κ3) is 4.67. The van der Waals surface area contributed by atoms with Gasteiger partial charge in [0.05, 0.1) is 12.1 Å². The van der Waals surface area contributed by atoms with Crippen LogP contribution in [0.15, 0.2) is 58.5 Å². The van der Waals surface area contributed by atoms with Crippen molar-refractivity contribution < 1.29 is 9.59 Å². The summed E-state index contributed by atoms with van der Waals surface area (Å²) in [5.41, 5.74) is 2.53. The Bertz CT molecular complexity index is 1070. The molecule has 2 aromatic rings. The second kappa shape index (κ2) is 9.66. The quantitative estimate of drug-likeness (QED) is 0.624. The molecule has 0 bridgehead atoms. The van der Waals surface area contributed by atoms with Gasteiger partial charge in [-0.1, -0.05) is 67.0 Å². The molecule has 0 saturated carbocycles. The standard InChI is InChI=1S/C23H23ClN4O2S/c1-2-3-12-25-20(29)13-19-22(30)28-21(26-19)16-9-5-7-11-18(16)27-23(28)31-14-15-8-4-6-10-17(15)24/h4-11,19H,2-3,12-14H2,1H3,(H,25,29)/t19-/m1/s1. The number of fused-ring (bicyclic) bond motifs is 3. The van der Waals surface area contributed by atoms with Gasteiger partial charge in [0.15, 0.2) is 5.17 Å². The maximum Gasteiger partial charge on any atom is 0.259 e. The predicted octanol–water partition coefficient (Wildman–Crippen LogP) is 4.54. The highest BCUT2D eigenvalue weighted by atomic mass is 35.5. The number of thioether (sulfide) groups is 1. The Kier molecular flexibility index (Phi) is 6.73. The molecule has 0 radical (unpaired) electrons. The van der Waals surface area contributed by atoms with E-state index in [4.69, 9.17) is 16.6 Å². The molecule has 0 aromatic heterocycles.